The van der Waals surface area contributed by atoms with Crippen molar-refractivity contribution in [2.75, 3.05) is 42.9 Å². The van der Waals surface area contributed by atoms with Gasteiger partial charge in [0.25, 0.3) is 0 Å². The molecule has 6 heteroatoms. The molecule has 1 aliphatic carbocycles. The monoisotopic (exact) mass is 436 g/mol. The number of rotatable bonds is 4. The van der Waals surface area contributed by atoms with Crippen molar-refractivity contribution in [1.82, 2.24) is 4.90 Å². The number of anilines is 2. The van der Waals surface area contributed by atoms with Crippen LogP contribution < -0.4 is 10.2 Å². The number of fused-ring (bicyclic) bond motifs is 1. The zero-order chi connectivity index (χ0) is 22.0. The maximum atomic E-state index is 12.8. The van der Waals surface area contributed by atoms with Crippen molar-refractivity contribution in [2.24, 2.45) is 11.3 Å². The average molecular weight is 437 g/mol. The van der Waals surface area contributed by atoms with Gasteiger partial charge in [0.15, 0.2) is 0 Å². The molecule has 0 radical (unpaired) electrons. The zero-order valence-corrected chi connectivity index (χ0v) is 19.6. The minimum atomic E-state index is -0.0179. The average Bonchev–Trinajstić information content (AvgIpc) is 3.10. The number of nitrogens with one attached hydrogen (secondary N) is 1. The van der Waals surface area contributed by atoms with Gasteiger partial charge < -0.3 is 10.2 Å². The fourth-order valence-corrected chi connectivity index (χ4v) is 6.00. The fourth-order valence-electron chi connectivity index (χ4n) is 4.70. The van der Waals surface area contributed by atoms with Crippen molar-refractivity contribution >= 4 is 27.9 Å². The standard InChI is InChI=1S/C25H32N4OS/c1-25(2,3)18-9-10-20-21(16-26)24(31-22(20)15-18)27-23(30)17-28-11-13-29(14-12-28)19-7-5-4-6-8-19/h4-8,18H,9-15,17H2,1-3H3,(H,27,30)/t18-/m1/s1. The third kappa shape index (κ3) is 4.94. The fraction of sp³-hybridized carbons (Fsp3) is 0.520. The number of benzene rings is 1. The molecule has 0 spiro atoms. The van der Waals surface area contributed by atoms with Crippen molar-refractivity contribution in [3.8, 4) is 6.07 Å². The number of carbonyl (C=O) groups excluding carboxylic acids is 1. The number of para-hydroxylation sites is 1. The van der Waals surface area contributed by atoms with Gasteiger partial charge in [-0.15, -0.1) is 11.3 Å². The lowest BCUT2D eigenvalue weighted by Gasteiger charge is -2.35. The molecule has 1 N–H and O–H groups in total. The largest absolute Gasteiger partial charge is 0.369 e. The van der Waals surface area contributed by atoms with Crippen LogP contribution in [0.3, 0.4) is 0 Å². The number of nitrogens with zero attached hydrogens (tertiary/aromatic N) is 3. The number of carbonyl (C=O) groups is 1. The Hall–Kier alpha value is -2.36. The van der Waals surface area contributed by atoms with Crippen LogP contribution in [0.25, 0.3) is 0 Å². The molecule has 1 aromatic heterocycles. The van der Waals surface area contributed by atoms with Crippen molar-refractivity contribution in [2.45, 2.75) is 40.0 Å². The van der Waals surface area contributed by atoms with Gasteiger partial charge in [-0.3, -0.25) is 9.69 Å². The second-order valence-electron chi connectivity index (χ2n) is 9.77. The Labute approximate surface area is 189 Å². The third-order valence-corrected chi connectivity index (χ3v) is 7.89. The SMILES string of the molecule is CC(C)(C)[C@@H]1CCc2c(sc(NC(=O)CN3CCN(c4ccccc4)CC3)c2C#N)C1. The Bertz CT molecular complexity index is 962. The lowest BCUT2D eigenvalue weighted by Crippen LogP contribution is -2.48. The highest BCUT2D eigenvalue weighted by Crippen LogP contribution is 2.43. The Morgan fingerprint density at radius 1 is 1.19 bits per heavy atom. The molecule has 1 saturated heterocycles. The molecule has 2 heterocycles. The van der Waals surface area contributed by atoms with E-state index in [-0.39, 0.29) is 11.3 Å². The highest BCUT2D eigenvalue weighted by atomic mass is 32.1. The van der Waals surface area contributed by atoms with Crippen LogP contribution in [0.2, 0.25) is 0 Å². The first-order valence-corrected chi connectivity index (χ1v) is 12.0. The first-order chi connectivity index (χ1) is 14.8. The molecule has 1 atom stereocenters. The number of amides is 1. The lowest BCUT2D eigenvalue weighted by atomic mass is 9.72. The van der Waals surface area contributed by atoms with Crippen molar-refractivity contribution in [3.05, 3.63) is 46.3 Å². The number of hydrogen-bond donors (Lipinski definition) is 1. The van der Waals surface area contributed by atoms with Gasteiger partial charge in [-0.05, 0) is 48.3 Å². The van der Waals surface area contributed by atoms with Gasteiger partial charge in [0.05, 0.1) is 12.1 Å². The Balaban J connectivity index is 1.35. The van der Waals surface area contributed by atoms with E-state index in [1.165, 1.54) is 16.1 Å². The highest BCUT2D eigenvalue weighted by molar-refractivity contribution is 7.16. The predicted octanol–water partition coefficient (Wildman–Crippen LogP) is 4.53. The molecule has 2 aromatic rings. The molecule has 1 aliphatic heterocycles. The molecule has 0 bridgehead atoms. The van der Waals surface area contributed by atoms with Crippen LogP contribution >= 0.6 is 11.3 Å². The number of thiophene rings is 1. The zero-order valence-electron chi connectivity index (χ0n) is 18.8. The van der Waals surface area contributed by atoms with E-state index in [2.05, 4.69) is 66.2 Å². The second kappa shape index (κ2) is 9.02. The van der Waals surface area contributed by atoms with E-state index in [9.17, 15) is 10.1 Å². The summed E-state index contributed by atoms with van der Waals surface area (Å²) < 4.78 is 0. The summed E-state index contributed by atoms with van der Waals surface area (Å²) in [5.74, 6) is 0.602. The van der Waals surface area contributed by atoms with Crippen LogP contribution in [0.1, 0.15) is 43.2 Å². The normalized spacial score (nSPS) is 19.5. The molecule has 31 heavy (non-hydrogen) atoms. The van der Waals surface area contributed by atoms with E-state index >= 15 is 0 Å². The Morgan fingerprint density at radius 2 is 1.90 bits per heavy atom. The molecule has 5 nitrogen and oxygen atoms in total. The smallest absolute Gasteiger partial charge is 0.239 e. The summed E-state index contributed by atoms with van der Waals surface area (Å²) in [5, 5.41) is 13.6. The molecular formula is C25H32N4OS. The van der Waals surface area contributed by atoms with Crippen molar-refractivity contribution in [1.29, 1.82) is 5.26 Å². The van der Waals surface area contributed by atoms with E-state index < -0.39 is 0 Å². The minimum Gasteiger partial charge on any atom is -0.369 e. The highest BCUT2D eigenvalue weighted by Gasteiger charge is 2.32. The van der Waals surface area contributed by atoms with Gasteiger partial charge in [-0.1, -0.05) is 39.0 Å². The van der Waals surface area contributed by atoms with Gasteiger partial charge in [-0.2, -0.15) is 5.26 Å². The molecule has 1 amide bonds. The van der Waals surface area contributed by atoms with Crippen LogP contribution in [0.5, 0.6) is 0 Å². The molecule has 0 saturated carbocycles. The molecule has 0 unspecified atom stereocenters. The topological polar surface area (TPSA) is 59.4 Å². The minimum absolute atomic E-state index is 0.0179. The first-order valence-electron chi connectivity index (χ1n) is 11.2. The molecular weight excluding hydrogens is 404 g/mol. The van der Waals surface area contributed by atoms with Crippen LogP contribution in [0, 0.1) is 22.7 Å². The molecule has 164 valence electrons. The number of piperazine rings is 1. The van der Waals surface area contributed by atoms with E-state index in [1.54, 1.807) is 11.3 Å². The number of nitriles is 1. The molecule has 1 fully saturated rings. The third-order valence-electron chi connectivity index (χ3n) is 6.72. The summed E-state index contributed by atoms with van der Waals surface area (Å²) in [4.78, 5) is 18.6. The summed E-state index contributed by atoms with van der Waals surface area (Å²) in [6.07, 6.45) is 3.06. The summed E-state index contributed by atoms with van der Waals surface area (Å²) >= 11 is 1.61. The van der Waals surface area contributed by atoms with E-state index in [4.69, 9.17) is 0 Å². The van der Waals surface area contributed by atoms with Gasteiger partial charge in [0.2, 0.25) is 5.91 Å². The van der Waals surface area contributed by atoms with Crippen LogP contribution in [0.4, 0.5) is 10.7 Å². The summed E-state index contributed by atoms with van der Waals surface area (Å²) in [6.45, 7) is 10.8. The van der Waals surface area contributed by atoms with Crippen LogP contribution in [-0.4, -0.2) is 43.5 Å². The van der Waals surface area contributed by atoms with Crippen LogP contribution in [0.15, 0.2) is 30.3 Å². The molecule has 4 rings (SSSR count). The quantitative estimate of drug-likeness (QED) is 0.765. The summed E-state index contributed by atoms with van der Waals surface area (Å²) in [5.41, 5.74) is 3.36. The van der Waals surface area contributed by atoms with Crippen molar-refractivity contribution in [3.63, 3.8) is 0 Å². The first kappa shape index (κ1) is 21.9. The molecule has 1 aromatic carbocycles. The number of hydrogen-bond acceptors (Lipinski definition) is 5. The maximum absolute atomic E-state index is 12.8. The van der Waals surface area contributed by atoms with Gasteiger partial charge in [0, 0.05) is 36.7 Å². The Kier molecular flexibility index (Phi) is 6.36. The maximum Gasteiger partial charge on any atom is 0.239 e. The molecule has 2 aliphatic rings. The van der Waals surface area contributed by atoms with Gasteiger partial charge in [-0.25, -0.2) is 0 Å². The van der Waals surface area contributed by atoms with Gasteiger partial charge in [0.1, 0.15) is 11.1 Å². The van der Waals surface area contributed by atoms with Gasteiger partial charge >= 0.3 is 0 Å². The second-order valence-corrected chi connectivity index (χ2v) is 10.9. The lowest BCUT2D eigenvalue weighted by molar-refractivity contribution is -0.117. The van der Waals surface area contributed by atoms with Crippen molar-refractivity contribution < 1.29 is 4.79 Å². The van der Waals surface area contributed by atoms with Crippen LogP contribution in [-0.2, 0) is 17.6 Å². The van der Waals surface area contributed by atoms with E-state index in [0.717, 1.165) is 50.4 Å². The van der Waals surface area contributed by atoms with E-state index in [0.29, 0.717) is 18.0 Å². The van der Waals surface area contributed by atoms with E-state index in [1.807, 2.05) is 6.07 Å². The predicted molar refractivity (Wildman–Crippen MR) is 128 cm³/mol. The summed E-state index contributed by atoms with van der Waals surface area (Å²) in [6, 6.07) is 12.8. The summed E-state index contributed by atoms with van der Waals surface area (Å²) in [7, 11) is 0. The Morgan fingerprint density at radius 3 is 2.55 bits per heavy atom.